The van der Waals surface area contributed by atoms with E-state index >= 15 is 0 Å². The third-order valence-electron chi connectivity index (χ3n) is 6.10. The third kappa shape index (κ3) is 4.19. The number of rotatable bonds is 6. The Morgan fingerprint density at radius 1 is 0.968 bits per heavy atom. The van der Waals surface area contributed by atoms with E-state index in [0.29, 0.717) is 5.92 Å². The number of amides is 1. The van der Waals surface area contributed by atoms with Gasteiger partial charge < -0.3 is 4.90 Å². The molecule has 1 aliphatic rings. The Hall–Kier alpha value is -3.54. The van der Waals surface area contributed by atoms with Crippen LogP contribution in [0.5, 0.6) is 0 Å². The molecule has 0 aliphatic heterocycles. The van der Waals surface area contributed by atoms with Crippen LogP contribution in [0.4, 0.5) is 5.69 Å². The second kappa shape index (κ2) is 8.68. The maximum atomic E-state index is 13.4. The number of fused-ring (bicyclic) bond motifs is 1. The van der Waals surface area contributed by atoms with Gasteiger partial charge in [-0.15, -0.1) is 5.10 Å². The lowest BCUT2D eigenvalue weighted by Crippen LogP contribution is -2.37. The van der Waals surface area contributed by atoms with E-state index in [1.54, 1.807) is 10.9 Å². The van der Waals surface area contributed by atoms with Crippen LogP contribution in [-0.2, 0) is 11.3 Å². The highest BCUT2D eigenvalue weighted by molar-refractivity contribution is 5.94. The van der Waals surface area contributed by atoms with Crippen molar-refractivity contribution in [2.45, 2.75) is 32.2 Å². The zero-order valence-electron chi connectivity index (χ0n) is 17.4. The van der Waals surface area contributed by atoms with Crippen molar-refractivity contribution < 1.29 is 4.79 Å². The summed E-state index contributed by atoms with van der Waals surface area (Å²) in [5, 5.41) is 8.40. The average molecular weight is 412 g/mol. The number of hydrogen-bond donors (Lipinski definition) is 0. The molecule has 31 heavy (non-hydrogen) atoms. The van der Waals surface area contributed by atoms with Crippen LogP contribution in [0.15, 0.2) is 73.1 Å². The summed E-state index contributed by atoms with van der Waals surface area (Å²) in [7, 11) is 0. The van der Waals surface area contributed by atoms with Gasteiger partial charge in [0, 0.05) is 24.6 Å². The number of benzene rings is 2. The van der Waals surface area contributed by atoms with Gasteiger partial charge in [-0.1, -0.05) is 48.4 Å². The zero-order chi connectivity index (χ0) is 21.0. The predicted molar refractivity (Wildman–Crippen MR) is 122 cm³/mol. The van der Waals surface area contributed by atoms with Crippen LogP contribution in [0.2, 0.25) is 0 Å². The van der Waals surface area contributed by atoms with Crippen LogP contribution >= 0.6 is 0 Å². The van der Waals surface area contributed by atoms with E-state index in [1.165, 1.54) is 25.7 Å². The normalized spacial score (nSPS) is 14.2. The first-order chi connectivity index (χ1) is 15.3. The fraction of sp³-hybridized carbons (Fsp3) is 0.280. The number of carbonyl (C=O) groups is 1. The molecule has 0 radical (unpaired) electrons. The van der Waals surface area contributed by atoms with Gasteiger partial charge in [0.15, 0.2) is 0 Å². The largest absolute Gasteiger partial charge is 0.311 e. The molecule has 1 aliphatic carbocycles. The quantitative estimate of drug-likeness (QED) is 0.461. The van der Waals surface area contributed by atoms with Crippen molar-refractivity contribution in [1.29, 1.82) is 0 Å². The molecule has 1 amide bonds. The van der Waals surface area contributed by atoms with Gasteiger partial charge in [0.2, 0.25) is 5.91 Å². The highest BCUT2D eigenvalue weighted by Gasteiger charge is 2.24. The van der Waals surface area contributed by atoms with Crippen molar-refractivity contribution in [1.82, 2.24) is 20.0 Å². The number of carbonyl (C=O) groups excluding carboxylic acids is 1. The molecule has 6 nitrogen and oxygen atoms in total. The second-order valence-electron chi connectivity index (χ2n) is 8.18. The molecule has 2 aromatic carbocycles. The second-order valence-corrected chi connectivity index (χ2v) is 8.18. The summed E-state index contributed by atoms with van der Waals surface area (Å²) in [4.78, 5) is 19.6. The Balaban J connectivity index is 1.41. The fourth-order valence-electron chi connectivity index (χ4n) is 4.42. The van der Waals surface area contributed by atoms with Crippen LogP contribution in [0, 0.1) is 5.92 Å². The minimum absolute atomic E-state index is 0.0386. The molecule has 0 unspecified atom stereocenters. The molecule has 0 bridgehead atoms. The first-order valence-corrected chi connectivity index (χ1v) is 10.9. The van der Waals surface area contributed by atoms with E-state index in [9.17, 15) is 4.79 Å². The van der Waals surface area contributed by atoms with Crippen molar-refractivity contribution in [3.63, 3.8) is 0 Å². The van der Waals surface area contributed by atoms with E-state index < -0.39 is 0 Å². The monoisotopic (exact) mass is 411 g/mol. The average Bonchev–Trinajstić information content (AvgIpc) is 3.48. The SMILES string of the molecule is O=C(Cn1nnc2ccccc21)N(CC1CCCC1)c1ccc(-c2cccnc2)cc1. The van der Waals surface area contributed by atoms with Crippen LogP contribution in [-0.4, -0.2) is 32.4 Å². The summed E-state index contributed by atoms with van der Waals surface area (Å²) in [5.74, 6) is 0.589. The molecule has 5 rings (SSSR count). The maximum Gasteiger partial charge on any atom is 0.248 e. The van der Waals surface area contributed by atoms with Gasteiger partial charge in [-0.2, -0.15) is 0 Å². The fourth-order valence-corrected chi connectivity index (χ4v) is 4.42. The molecule has 1 fully saturated rings. The van der Waals surface area contributed by atoms with Crippen molar-refractivity contribution >= 4 is 22.6 Å². The van der Waals surface area contributed by atoms with E-state index in [1.807, 2.05) is 59.6 Å². The lowest BCUT2D eigenvalue weighted by Gasteiger charge is -2.26. The first kappa shape index (κ1) is 19.4. The van der Waals surface area contributed by atoms with Crippen LogP contribution in [0.25, 0.3) is 22.2 Å². The molecule has 6 heteroatoms. The lowest BCUT2D eigenvalue weighted by atomic mass is 10.1. The first-order valence-electron chi connectivity index (χ1n) is 10.9. The van der Waals surface area contributed by atoms with Gasteiger partial charge in [0.1, 0.15) is 12.1 Å². The Kier molecular flexibility index (Phi) is 5.44. The van der Waals surface area contributed by atoms with E-state index in [2.05, 4.69) is 27.4 Å². The minimum atomic E-state index is 0.0386. The van der Waals surface area contributed by atoms with Crippen molar-refractivity contribution in [3.05, 3.63) is 73.1 Å². The predicted octanol–water partition coefficient (Wildman–Crippen LogP) is 4.72. The molecule has 2 aromatic heterocycles. The van der Waals surface area contributed by atoms with Gasteiger partial charge >= 0.3 is 0 Å². The Bertz CT molecular complexity index is 1160. The molecular formula is C25H25N5O. The highest BCUT2D eigenvalue weighted by Crippen LogP contribution is 2.29. The number of aromatic nitrogens is 4. The molecule has 156 valence electrons. The summed E-state index contributed by atoms with van der Waals surface area (Å²) >= 11 is 0. The molecule has 0 spiro atoms. The summed E-state index contributed by atoms with van der Waals surface area (Å²) in [6.45, 7) is 0.926. The van der Waals surface area contributed by atoms with E-state index in [-0.39, 0.29) is 12.5 Å². The van der Waals surface area contributed by atoms with Crippen LogP contribution in [0.3, 0.4) is 0 Å². The van der Waals surface area contributed by atoms with Crippen molar-refractivity contribution in [2.75, 3.05) is 11.4 Å². The van der Waals surface area contributed by atoms with Gasteiger partial charge in [0.25, 0.3) is 0 Å². The molecule has 0 saturated heterocycles. The van der Waals surface area contributed by atoms with Gasteiger partial charge in [-0.05, 0) is 60.2 Å². The van der Waals surface area contributed by atoms with Crippen molar-refractivity contribution in [3.8, 4) is 11.1 Å². The van der Waals surface area contributed by atoms with Crippen molar-refractivity contribution in [2.24, 2.45) is 5.92 Å². The van der Waals surface area contributed by atoms with Gasteiger partial charge in [0.05, 0.1) is 5.52 Å². The summed E-state index contributed by atoms with van der Waals surface area (Å²) in [6.07, 6.45) is 8.49. The summed E-state index contributed by atoms with van der Waals surface area (Å²) in [6, 6.07) is 19.9. The summed E-state index contributed by atoms with van der Waals surface area (Å²) in [5.41, 5.74) is 4.76. The highest BCUT2D eigenvalue weighted by atomic mass is 16.2. The molecular weight excluding hydrogens is 386 g/mol. The van der Waals surface area contributed by atoms with Gasteiger partial charge in [-0.3, -0.25) is 9.78 Å². The van der Waals surface area contributed by atoms with E-state index in [0.717, 1.165) is 34.4 Å². The number of nitrogens with zero attached hydrogens (tertiary/aromatic N) is 5. The number of hydrogen-bond acceptors (Lipinski definition) is 4. The minimum Gasteiger partial charge on any atom is -0.311 e. The van der Waals surface area contributed by atoms with Crippen LogP contribution in [0.1, 0.15) is 25.7 Å². The molecule has 2 heterocycles. The smallest absolute Gasteiger partial charge is 0.248 e. The number of anilines is 1. The Morgan fingerprint density at radius 2 is 1.77 bits per heavy atom. The van der Waals surface area contributed by atoms with E-state index in [4.69, 9.17) is 0 Å². The lowest BCUT2D eigenvalue weighted by molar-refractivity contribution is -0.119. The van der Waals surface area contributed by atoms with Gasteiger partial charge in [-0.25, -0.2) is 4.68 Å². The third-order valence-corrected chi connectivity index (χ3v) is 6.10. The molecule has 1 saturated carbocycles. The maximum absolute atomic E-state index is 13.4. The van der Waals surface area contributed by atoms with Crippen LogP contribution < -0.4 is 4.90 Å². The Morgan fingerprint density at radius 3 is 2.55 bits per heavy atom. The molecule has 4 aromatic rings. The number of pyridine rings is 1. The molecule has 0 N–H and O–H groups in total. The zero-order valence-corrected chi connectivity index (χ0v) is 17.4. The molecule has 0 atom stereocenters. The summed E-state index contributed by atoms with van der Waals surface area (Å²) < 4.78 is 1.70. The number of para-hydroxylation sites is 1. The topological polar surface area (TPSA) is 63.9 Å². The standard InChI is InChI=1S/C25H25N5O/c31-25(18-30-24-10-4-3-9-23(24)27-28-30)29(17-19-6-1-2-7-19)22-13-11-20(12-14-22)21-8-5-15-26-16-21/h3-5,8-16,19H,1-2,6-7,17-18H2. The Labute approximate surface area is 181 Å².